The first-order valence-corrected chi connectivity index (χ1v) is 12.7. The Balaban J connectivity index is 1.55. The maximum absolute atomic E-state index is 13.9. The molecule has 2 aliphatic rings. The Morgan fingerprint density at radius 2 is 1.84 bits per heavy atom. The molecule has 10 nitrogen and oxygen atoms in total. The van der Waals surface area contributed by atoms with Crippen LogP contribution in [0.1, 0.15) is 27.9 Å². The van der Waals surface area contributed by atoms with Gasteiger partial charge >= 0.3 is 5.69 Å². The predicted octanol–water partition coefficient (Wildman–Crippen LogP) is 1.50. The fourth-order valence-corrected chi connectivity index (χ4v) is 5.76. The number of hydrogen-bond acceptors (Lipinski definition) is 7. The Kier molecular flexibility index (Phi) is 5.93. The largest absolute Gasteiger partial charge is 0.338 e. The predicted molar refractivity (Wildman–Crippen MR) is 142 cm³/mol. The highest BCUT2D eigenvalue weighted by atomic mass is 16.2. The molecule has 0 aliphatic carbocycles. The monoisotopic (exact) mass is 509 g/mol. The van der Waals surface area contributed by atoms with E-state index in [1.165, 1.54) is 4.57 Å². The molecular weight excluding hydrogens is 482 g/mol. The van der Waals surface area contributed by atoms with Gasteiger partial charge in [-0.3, -0.25) is 23.3 Å². The number of carbonyl (C=O) groups is 1. The molecule has 2 aromatic carbocycles. The van der Waals surface area contributed by atoms with E-state index in [4.69, 9.17) is 4.98 Å². The van der Waals surface area contributed by atoms with Crippen molar-refractivity contribution in [1.29, 1.82) is 5.26 Å². The molecule has 0 saturated carbocycles. The molecule has 1 N–H and O–H groups in total. The minimum absolute atomic E-state index is 0.232. The second kappa shape index (κ2) is 9.43. The molecule has 0 bridgehead atoms. The fourth-order valence-electron chi connectivity index (χ4n) is 5.76. The number of Topliss-reactive ketones (excluding diaryl/α,β-unsaturated/α-hetero) is 1. The number of benzene rings is 2. The molecule has 0 spiro atoms. The zero-order valence-corrected chi connectivity index (χ0v) is 21.0. The topological polar surface area (TPSA) is 118 Å². The zero-order chi connectivity index (χ0) is 26.4. The lowest BCUT2D eigenvalue weighted by molar-refractivity contribution is 0.0969. The maximum Gasteiger partial charge on any atom is 0.332 e. The van der Waals surface area contributed by atoms with Crippen molar-refractivity contribution in [2.75, 3.05) is 24.5 Å². The number of imidazole rings is 1. The van der Waals surface area contributed by atoms with Gasteiger partial charge in [-0.25, -0.2) is 4.79 Å². The van der Waals surface area contributed by atoms with E-state index in [9.17, 15) is 19.6 Å². The first-order valence-electron chi connectivity index (χ1n) is 12.7. The number of anilines is 1. The zero-order valence-electron chi connectivity index (χ0n) is 21.0. The molecule has 2 aromatic heterocycles. The van der Waals surface area contributed by atoms with Crippen LogP contribution in [0.4, 0.5) is 5.95 Å². The van der Waals surface area contributed by atoms with Gasteiger partial charge in [-0.05, 0) is 24.0 Å². The molecule has 38 heavy (non-hydrogen) atoms. The quantitative estimate of drug-likeness (QED) is 0.392. The van der Waals surface area contributed by atoms with Crippen molar-refractivity contribution in [1.82, 2.24) is 24.0 Å². The standard InChI is InChI=1S/C28H27N7O3/c1-32-25-24(26(37)35(28(32)38)17-23(36)18-7-3-2-4-8-18)34(16-21-10-6-5-9-19(21)13-29)27(31-25)33-12-11-20-14-30-15-22(20)33/h2-10,20,22,30H,11-12,14-17H2,1H3. The van der Waals surface area contributed by atoms with Crippen LogP contribution in [-0.2, 0) is 20.1 Å². The molecule has 4 aromatic rings. The van der Waals surface area contributed by atoms with Gasteiger partial charge in [-0.2, -0.15) is 10.2 Å². The van der Waals surface area contributed by atoms with Crippen molar-refractivity contribution in [3.8, 4) is 6.07 Å². The van der Waals surface area contributed by atoms with E-state index >= 15 is 0 Å². The number of nitriles is 1. The van der Waals surface area contributed by atoms with E-state index in [1.807, 2.05) is 16.7 Å². The molecule has 2 unspecified atom stereocenters. The average molecular weight is 510 g/mol. The molecule has 10 heteroatoms. The van der Waals surface area contributed by atoms with E-state index in [0.717, 1.165) is 36.2 Å². The molecular formula is C28H27N7O3. The highest BCUT2D eigenvalue weighted by molar-refractivity contribution is 5.96. The number of nitrogens with one attached hydrogen (secondary N) is 1. The number of nitrogens with zero attached hydrogens (tertiary/aromatic N) is 6. The van der Waals surface area contributed by atoms with Crippen LogP contribution in [0.2, 0.25) is 0 Å². The van der Waals surface area contributed by atoms with Crippen molar-refractivity contribution >= 4 is 22.9 Å². The Bertz CT molecular complexity index is 1710. The van der Waals surface area contributed by atoms with Crippen LogP contribution < -0.4 is 21.5 Å². The Morgan fingerprint density at radius 3 is 2.63 bits per heavy atom. The summed E-state index contributed by atoms with van der Waals surface area (Å²) in [4.78, 5) is 47.3. The summed E-state index contributed by atoms with van der Waals surface area (Å²) in [7, 11) is 1.57. The van der Waals surface area contributed by atoms with Crippen molar-refractivity contribution in [2.45, 2.75) is 25.6 Å². The van der Waals surface area contributed by atoms with Crippen LogP contribution in [0.3, 0.4) is 0 Å². The SMILES string of the molecule is Cn1c(=O)n(CC(=O)c2ccccc2)c(=O)c2c1nc(N1CCC3CNCC31)n2Cc1ccccc1C#N. The van der Waals surface area contributed by atoms with Gasteiger partial charge in [0.2, 0.25) is 5.95 Å². The summed E-state index contributed by atoms with van der Waals surface area (Å²) in [5.41, 5.74) is 1.02. The second-order valence-corrected chi connectivity index (χ2v) is 9.93. The van der Waals surface area contributed by atoms with E-state index in [-0.39, 0.29) is 36.1 Å². The normalized spacial score (nSPS) is 18.6. The van der Waals surface area contributed by atoms with Crippen LogP contribution in [0.15, 0.2) is 64.2 Å². The summed E-state index contributed by atoms with van der Waals surface area (Å²) in [5, 5.41) is 13.2. The highest BCUT2D eigenvalue weighted by Gasteiger charge is 2.40. The molecule has 4 heterocycles. The Labute approximate surface area is 218 Å². The number of aryl methyl sites for hydroxylation is 1. The third-order valence-electron chi connectivity index (χ3n) is 7.78. The molecule has 2 aliphatic heterocycles. The number of fused-ring (bicyclic) bond motifs is 2. The molecule has 0 radical (unpaired) electrons. The third-order valence-corrected chi connectivity index (χ3v) is 7.78. The summed E-state index contributed by atoms with van der Waals surface area (Å²) in [6.07, 6.45) is 1.00. The first-order chi connectivity index (χ1) is 18.5. The summed E-state index contributed by atoms with van der Waals surface area (Å²) in [6, 6.07) is 18.3. The molecule has 2 saturated heterocycles. The minimum atomic E-state index is -0.595. The number of ketones is 1. The number of hydrogen-bond donors (Lipinski definition) is 1. The summed E-state index contributed by atoms with van der Waals surface area (Å²) in [5.74, 6) is 0.756. The molecule has 2 atom stereocenters. The van der Waals surface area contributed by atoms with Crippen molar-refractivity contribution < 1.29 is 4.79 Å². The molecule has 2 fully saturated rings. The lowest BCUT2D eigenvalue weighted by Gasteiger charge is -2.25. The van der Waals surface area contributed by atoms with E-state index in [1.54, 1.807) is 49.5 Å². The van der Waals surface area contributed by atoms with Gasteiger partial charge in [0.05, 0.1) is 24.7 Å². The van der Waals surface area contributed by atoms with Crippen molar-refractivity contribution in [2.24, 2.45) is 13.0 Å². The number of carbonyl (C=O) groups excluding carboxylic acids is 1. The lowest BCUT2D eigenvalue weighted by Crippen LogP contribution is -2.41. The lowest BCUT2D eigenvalue weighted by atomic mass is 10.1. The van der Waals surface area contributed by atoms with Gasteiger partial charge in [0.15, 0.2) is 16.9 Å². The average Bonchev–Trinajstić information content (AvgIpc) is 3.66. The van der Waals surface area contributed by atoms with Gasteiger partial charge in [-0.15, -0.1) is 0 Å². The first kappa shape index (κ1) is 23.9. The van der Waals surface area contributed by atoms with E-state index in [0.29, 0.717) is 23.0 Å². The van der Waals surface area contributed by atoms with E-state index in [2.05, 4.69) is 16.3 Å². The van der Waals surface area contributed by atoms with Crippen LogP contribution in [0.25, 0.3) is 11.2 Å². The van der Waals surface area contributed by atoms with Gasteiger partial charge in [0.1, 0.15) is 0 Å². The van der Waals surface area contributed by atoms with Gasteiger partial charge in [-0.1, -0.05) is 48.5 Å². The molecule has 192 valence electrons. The van der Waals surface area contributed by atoms with Crippen LogP contribution in [0.5, 0.6) is 0 Å². The Hall–Kier alpha value is -4.49. The van der Waals surface area contributed by atoms with Crippen LogP contribution >= 0.6 is 0 Å². The Morgan fingerprint density at radius 1 is 1.08 bits per heavy atom. The molecule has 0 amide bonds. The third kappa shape index (κ3) is 3.83. The van der Waals surface area contributed by atoms with Crippen molar-refractivity contribution in [3.63, 3.8) is 0 Å². The molecule has 6 rings (SSSR count). The van der Waals surface area contributed by atoms with Crippen LogP contribution in [0, 0.1) is 17.2 Å². The van der Waals surface area contributed by atoms with Crippen molar-refractivity contribution in [3.05, 3.63) is 92.1 Å². The second-order valence-electron chi connectivity index (χ2n) is 9.93. The highest BCUT2D eigenvalue weighted by Crippen LogP contribution is 2.33. The smallest absolute Gasteiger partial charge is 0.332 e. The summed E-state index contributed by atoms with van der Waals surface area (Å²) >= 11 is 0. The number of rotatable bonds is 6. The van der Waals surface area contributed by atoms with Crippen LogP contribution in [-0.4, -0.2) is 50.1 Å². The number of aromatic nitrogens is 4. The summed E-state index contributed by atoms with van der Waals surface area (Å²) < 4.78 is 4.14. The fraction of sp³-hybridized carbons (Fsp3) is 0.321. The van der Waals surface area contributed by atoms with Gasteiger partial charge in [0.25, 0.3) is 5.56 Å². The van der Waals surface area contributed by atoms with E-state index < -0.39 is 11.2 Å². The van der Waals surface area contributed by atoms with Gasteiger partial charge in [0, 0.05) is 38.3 Å². The minimum Gasteiger partial charge on any atom is -0.338 e. The maximum atomic E-state index is 13.9. The summed E-state index contributed by atoms with van der Waals surface area (Å²) in [6.45, 7) is 2.40. The van der Waals surface area contributed by atoms with Gasteiger partial charge < -0.3 is 10.2 Å².